The molecule has 0 aliphatic heterocycles. The predicted molar refractivity (Wildman–Crippen MR) is 73.6 cm³/mol. The van der Waals surface area contributed by atoms with Crippen molar-refractivity contribution in [1.82, 2.24) is 0 Å². The summed E-state index contributed by atoms with van der Waals surface area (Å²) in [7, 11) is 0. The van der Waals surface area contributed by atoms with Gasteiger partial charge >= 0.3 is 0 Å². The molecule has 0 unspecified atom stereocenters. The van der Waals surface area contributed by atoms with Crippen LogP contribution in [0.25, 0.3) is 11.1 Å². The van der Waals surface area contributed by atoms with Crippen molar-refractivity contribution in [2.24, 2.45) is 0 Å². The second-order valence-electron chi connectivity index (χ2n) is 4.23. The average Bonchev–Trinajstić information content (AvgIpc) is 2.66. The van der Waals surface area contributed by atoms with E-state index in [2.05, 4.69) is 52.3 Å². The summed E-state index contributed by atoms with van der Waals surface area (Å²) in [5.74, 6) is 0.960. The molecule has 2 aromatic carbocycles. The second-order valence-corrected chi connectivity index (χ2v) is 5.15. The highest BCUT2D eigenvalue weighted by molar-refractivity contribution is 9.10. The van der Waals surface area contributed by atoms with E-state index in [0.29, 0.717) is 6.61 Å². The van der Waals surface area contributed by atoms with Crippen molar-refractivity contribution in [3.8, 4) is 16.9 Å². The highest BCUT2D eigenvalue weighted by Gasteiger charge is 2.18. The maximum atomic E-state index is 5.56. The van der Waals surface area contributed by atoms with Crippen LogP contribution in [0.2, 0.25) is 0 Å². The van der Waals surface area contributed by atoms with Crippen LogP contribution in [0.1, 0.15) is 18.1 Å². The summed E-state index contributed by atoms with van der Waals surface area (Å²) >= 11 is 3.52. The van der Waals surface area contributed by atoms with Gasteiger partial charge in [0.2, 0.25) is 0 Å². The Balaban J connectivity index is 2.10. The summed E-state index contributed by atoms with van der Waals surface area (Å²) in [4.78, 5) is 0. The molecule has 0 aromatic heterocycles. The zero-order chi connectivity index (χ0) is 11.8. The molecule has 0 saturated carbocycles. The molecule has 0 radical (unpaired) electrons. The Bertz CT molecular complexity index is 575. The minimum Gasteiger partial charge on any atom is -0.494 e. The molecule has 1 aliphatic carbocycles. The van der Waals surface area contributed by atoms with E-state index < -0.39 is 0 Å². The molecule has 0 bridgehead atoms. The topological polar surface area (TPSA) is 9.23 Å². The van der Waals surface area contributed by atoms with Crippen LogP contribution < -0.4 is 4.74 Å². The summed E-state index contributed by atoms with van der Waals surface area (Å²) in [6, 6.07) is 12.9. The van der Waals surface area contributed by atoms with Crippen LogP contribution in [0.15, 0.2) is 40.9 Å². The Labute approximate surface area is 110 Å². The summed E-state index contributed by atoms with van der Waals surface area (Å²) < 4.78 is 6.71. The van der Waals surface area contributed by atoms with Crippen LogP contribution in [0.5, 0.6) is 5.75 Å². The molecule has 0 atom stereocenters. The summed E-state index contributed by atoms with van der Waals surface area (Å²) in [5.41, 5.74) is 5.44. The van der Waals surface area contributed by atoms with Gasteiger partial charge in [-0.2, -0.15) is 0 Å². The number of hydrogen-bond donors (Lipinski definition) is 0. The van der Waals surface area contributed by atoms with E-state index in [1.165, 1.54) is 22.3 Å². The maximum Gasteiger partial charge on any atom is 0.119 e. The molecular weight excluding hydrogens is 276 g/mol. The number of benzene rings is 2. The van der Waals surface area contributed by atoms with E-state index in [-0.39, 0.29) is 0 Å². The van der Waals surface area contributed by atoms with Gasteiger partial charge in [-0.3, -0.25) is 0 Å². The van der Waals surface area contributed by atoms with Gasteiger partial charge in [0.15, 0.2) is 0 Å². The lowest BCUT2D eigenvalue weighted by Crippen LogP contribution is -1.91. The third-order valence-electron chi connectivity index (χ3n) is 3.13. The van der Waals surface area contributed by atoms with Crippen LogP contribution in [0.4, 0.5) is 0 Å². The molecule has 0 saturated heterocycles. The Hall–Kier alpha value is -1.28. The highest BCUT2D eigenvalue weighted by atomic mass is 79.9. The number of fused-ring (bicyclic) bond motifs is 3. The Kier molecular flexibility index (Phi) is 2.67. The molecule has 0 spiro atoms. The van der Waals surface area contributed by atoms with Crippen LogP contribution in [0, 0.1) is 0 Å². The van der Waals surface area contributed by atoms with Gasteiger partial charge in [-0.25, -0.2) is 0 Å². The van der Waals surface area contributed by atoms with E-state index in [9.17, 15) is 0 Å². The standard InChI is InChI=1S/C15H13BrO/c1-2-17-13-5-3-10-7-11-8-12(16)4-6-14(11)15(10)9-13/h3-6,8-9H,2,7H2,1H3. The van der Waals surface area contributed by atoms with Gasteiger partial charge < -0.3 is 4.74 Å². The quantitative estimate of drug-likeness (QED) is 0.678. The molecule has 1 aliphatic rings. The summed E-state index contributed by atoms with van der Waals surface area (Å²) in [5, 5.41) is 0. The number of rotatable bonds is 2. The fraction of sp³-hybridized carbons (Fsp3) is 0.200. The van der Waals surface area contributed by atoms with E-state index >= 15 is 0 Å². The molecule has 2 heteroatoms. The smallest absolute Gasteiger partial charge is 0.119 e. The third kappa shape index (κ3) is 1.87. The third-order valence-corrected chi connectivity index (χ3v) is 3.62. The van der Waals surface area contributed by atoms with Gasteiger partial charge in [-0.1, -0.05) is 28.1 Å². The molecule has 1 nitrogen and oxygen atoms in total. The number of ether oxygens (including phenoxy) is 1. The summed E-state index contributed by atoms with van der Waals surface area (Å²) in [6.45, 7) is 2.73. The van der Waals surface area contributed by atoms with Gasteiger partial charge in [0.1, 0.15) is 5.75 Å². The molecule has 17 heavy (non-hydrogen) atoms. The van der Waals surface area contributed by atoms with Crippen molar-refractivity contribution < 1.29 is 4.74 Å². The molecule has 0 heterocycles. The fourth-order valence-electron chi connectivity index (χ4n) is 2.39. The molecule has 2 aromatic rings. The van der Waals surface area contributed by atoms with Crippen molar-refractivity contribution in [2.75, 3.05) is 6.61 Å². The van der Waals surface area contributed by atoms with Crippen molar-refractivity contribution in [2.45, 2.75) is 13.3 Å². The monoisotopic (exact) mass is 288 g/mol. The van der Waals surface area contributed by atoms with Gasteiger partial charge in [0.25, 0.3) is 0 Å². The van der Waals surface area contributed by atoms with Gasteiger partial charge in [-0.15, -0.1) is 0 Å². The van der Waals surface area contributed by atoms with Gasteiger partial charge in [0.05, 0.1) is 6.61 Å². The minimum absolute atomic E-state index is 0.714. The predicted octanol–water partition coefficient (Wildman–Crippen LogP) is 4.42. The SMILES string of the molecule is CCOc1ccc2c(c1)-c1ccc(Br)cc1C2. The lowest BCUT2D eigenvalue weighted by molar-refractivity contribution is 0.340. The van der Waals surface area contributed by atoms with Crippen LogP contribution >= 0.6 is 15.9 Å². The van der Waals surface area contributed by atoms with Crippen LogP contribution in [-0.2, 0) is 6.42 Å². The summed E-state index contributed by atoms with van der Waals surface area (Å²) in [6.07, 6.45) is 1.02. The fourth-order valence-corrected chi connectivity index (χ4v) is 2.80. The zero-order valence-electron chi connectivity index (χ0n) is 9.66. The number of hydrogen-bond acceptors (Lipinski definition) is 1. The molecule has 0 amide bonds. The average molecular weight is 289 g/mol. The van der Waals surface area contributed by atoms with E-state index in [1.807, 2.05) is 6.92 Å². The van der Waals surface area contributed by atoms with E-state index in [1.54, 1.807) is 0 Å². The first-order valence-electron chi connectivity index (χ1n) is 5.82. The van der Waals surface area contributed by atoms with Gasteiger partial charge in [0, 0.05) is 4.47 Å². The molecule has 0 N–H and O–H groups in total. The maximum absolute atomic E-state index is 5.56. The first-order chi connectivity index (χ1) is 8.28. The van der Waals surface area contributed by atoms with E-state index in [0.717, 1.165) is 16.6 Å². The molecular formula is C15H13BrO. The Morgan fingerprint density at radius 2 is 1.94 bits per heavy atom. The first-order valence-corrected chi connectivity index (χ1v) is 6.62. The Morgan fingerprint density at radius 3 is 2.76 bits per heavy atom. The molecule has 86 valence electrons. The van der Waals surface area contributed by atoms with Crippen molar-refractivity contribution in [1.29, 1.82) is 0 Å². The first kappa shape index (κ1) is 10.8. The molecule has 3 rings (SSSR count). The number of halogens is 1. The zero-order valence-corrected chi connectivity index (χ0v) is 11.3. The van der Waals surface area contributed by atoms with E-state index in [4.69, 9.17) is 4.74 Å². The highest BCUT2D eigenvalue weighted by Crippen LogP contribution is 2.39. The lowest BCUT2D eigenvalue weighted by atomic mass is 10.1. The minimum atomic E-state index is 0.714. The lowest BCUT2D eigenvalue weighted by Gasteiger charge is -2.06. The normalized spacial score (nSPS) is 12.1. The van der Waals surface area contributed by atoms with Crippen LogP contribution in [0.3, 0.4) is 0 Å². The van der Waals surface area contributed by atoms with Crippen molar-refractivity contribution in [3.05, 3.63) is 52.0 Å². The van der Waals surface area contributed by atoms with Crippen molar-refractivity contribution >= 4 is 15.9 Å². The molecule has 0 fully saturated rings. The van der Waals surface area contributed by atoms with Crippen molar-refractivity contribution in [3.63, 3.8) is 0 Å². The van der Waals surface area contributed by atoms with Gasteiger partial charge in [-0.05, 0) is 59.9 Å². The Morgan fingerprint density at radius 1 is 1.06 bits per heavy atom. The second kappa shape index (κ2) is 4.19. The van der Waals surface area contributed by atoms with Crippen LogP contribution in [-0.4, -0.2) is 6.61 Å². The largest absolute Gasteiger partial charge is 0.494 e.